The summed E-state index contributed by atoms with van der Waals surface area (Å²) in [5.41, 5.74) is 0. The van der Waals surface area contributed by atoms with Crippen LogP contribution in [0.3, 0.4) is 0 Å². The van der Waals surface area contributed by atoms with Crippen LogP contribution in [0.15, 0.2) is 12.1 Å². The van der Waals surface area contributed by atoms with E-state index in [9.17, 15) is 9.59 Å². The SMILES string of the molecule is CCc1ccc(CN2CCC(=O)NC(CC)C2=O)s1. The molecule has 1 aromatic rings. The average molecular weight is 280 g/mol. The Balaban J connectivity index is 2.09. The lowest BCUT2D eigenvalue weighted by Crippen LogP contribution is -2.43. The Bertz CT molecular complexity index is 470. The number of nitrogens with zero attached hydrogens (tertiary/aromatic N) is 1. The minimum absolute atomic E-state index is 0.0249. The van der Waals surface area contributed by atoms with Gasteiger partial charge in [0.25, 0.3) is 0 Å². The van der Waals surface area contributed by atoms with Gasteiger partial charge in [-0.15, -0.1) is 11.3 Å². The number of rotatable bonds is 4. The molecule has 19 heavy (non-hydrogen) atoms. The summed E-state index contributed by atoms with van der Waals surface area (Å²) in [4.78, 5) is 28.2. The summed E-state index contributed by atoms with van der Waals surface area (Å²) in [7, 11) is 0. The van der Waals surface area contributed by atoms with Crippen molar-refractivity contribution in [3.05, 3.63) is 21.9 Å². The molecule has 0 aliphatic carbocycles. The third kappa shape index (κ3) is 3.35. The number of amides is 2. The average Bonchev–Trinajstić information content (AvgIpc) is 2.82. The van der Waals surface area contributed by atoms with Crippen molar-refractivity contribution in [2.75, 3.05) is 6.54 Å². The highest BCUT2D eigenvalue weighted by atomic mass is 32.1. The van der Waals surface area contributed by atoms with Crippen molar-refractivity contribution < 1.29 is 9.59 Å². The van der Waals surface area contributed by atoms with Gasteiger partial charge in [-0.2, -0.15) is 0 Å². The molecule has 104 valence electrons. The van der Waals surface area contributed by atoms with E-state index < -0.39 is 0 Å². The highest BCUT2D eigenvalue weighted by molar-refractivity contribution is 7.11. The zero-order chi connectivity index (χ0) is 13.8. The van der Waals surface area contributed by atoms with E-state index >= 15 is 0 Å². The number of aryl methyl sites for hydroxylation is 1. The second-order valence-corrected chi connectivity index (χ2v) is 6.01. The molecular weight excluding hydrogens is 260 g/mol. The largest absolute Gasteiger partial charge is 0.344 e. The molecule has 2 amide bonds. The van der Waals surface area contributed by atoms with Crippen molar-refractivity contribution in [1.82, 2.24) is 10.2 Å². The lowest BCUT2D eigenvalue weighted by Gasteiger charge is -2.22. The second kappa shape index (κ2) is 6.19. The fourth-order valence-electron chi connectivity index (χ4n) is 2.21. The smallest absolute Gasteiger partial charge is 0.245 e. The monoisotopic (exact) mass is 280 g/mol. The Morgan fingerprint density at radius 3 is 2.68 bits per heavy atom. The molecule has 4 nitrogen and oxygen atoms in total. The first-order valence-electron chi connectivity index (χ1n) is 6.79. The maximum absolute atomic E-state index is 12.3. The standard InChI is InChI=1S/C14H20N2O2S/c1-3-10-5-6-11(19-10)9-16-8-7-13(17)15-12(4-2)14(16)18/h5-6,12H,3-4,7-9H2,1-2H3,(H,15,17). The molecule has 2 heterocycles. The van der Waals surface area contributed by atoms with Crippen LogP contribution in [0.1, 0.15) is 36.4 Å². The second-order valence-electron chi connectivity index (χ2n) is 4.76. The maximum Gasteiger partial charge on any atom is 0.245 e. The van der Waals surface area contributed by atoms with Crippen LogP contribution in [-0.4, -0.2) is 29.3 Å². The minimum atomic E-state index is -0.361. The molecule has 1 fully saturated rings. The topological polar surface area (TPSA) is 49.4 Å². The number of carbonyl (C=O) groups is 2. The van der Waals surface area contributed by atoms with E-state index in [0.717, 1.165) is 6.42 Å². The molecule has 0 bridgehead atoms. The molecule has 0 radical (unpaired) electrons. The van der Waals surface area contributed by atoms with Crippen LogP contribution >= 0.6 is 11.3 Å². The molecule has 0 saturated carbocycles. The normalized spacial score (nSPS) is 20.3. The Labute approximate surface area is 117 Å². The fourth-order valence-corrected chi connectivity index (χ4v) is 3.19. The summed E-state index contributed by atoms with van der Waals surface area (Å²) in [6.45, 7) is 5.19. The van der Waals surface area contributed by atoms with E-state index in [0.29, 0.717) is 25.9 Å². The Morgan fingerprint density at radius 2 is 2.05 bits per heavy atom. The van der Waals surface area contributed by atoms with E-state index in [1.807, 2.05) is 6.92 Å². The van der Waals surface area contributed by atoms with Gasteiger partial charge in [0.1, 0.15) is 6.04 Å². The predicted molar refractivity (Wildman–Crippen MR) is 76.0 cm³/mol. The molecule has 1 aliphatic rings. The Kier molecular flexibility index (Phi) is 4.58. The highest BCUT2D eigenvalue weighted by Gasteiger charge is 2.28. The molecule has 1 aliphatic heterocycles. The number of hydrogen-bond acceptors (Lipinski definition) is 3. The van der Waals surface area contributed by atoms with Crippen LogP contribution in [-0.2, 0) is 22.6 Å². The van der Waals surface area contributed by atoms with Crippen LogP contribution in [0.25, 0.3) is 0 Å². The van der Waals surface area contributed by atoms with Gasteiger partial charge >= 0.3 is 0 Å². The first-order chi connectivity index (χ1) is 9.13. The molecule has 2 rings (SSSR count). The van der Waals surface area contributed by atoms with Crippen LogP contribution < -0.4 is 5.32 Å². The van der Waals surface area contributed by atoms with Gasteiger partial charge in [-0.3, -0.25) is 9.59 Å². The molecule has 5 heteroatoms. The van der Waals surface area contributed by atoms with Crippen molar-refractivity contribution in [3.63, 3.8) is 0 Å². The first kappa shape index (κ1) is 14.1. The van der Waals surface area contributed by atoms with E-state index in [1.165, 1.54) is 9.75 Å². The molecule has 1 N–H and O–H groups in total. The van der Waals surface area contributed by atoms with Crippen molar-refractivity contribution >= 4 is 23.2 Å². The van der Waals surface area contributed by atoms with Gasteiger partial charge in [-0.25, -0.2) is 0 Å². The lowest BCUT2D eigenvalue weighted by molar-refractivity contribution is -0.134. The van der Waals surface area contributed by atoms with Crippen LogP contribution in [0.2, 0.25) is 0 Å². The van der Waals surface area contributed by atoms with Gasteiger partial charge in [0.15, 0.2) is 0 Å². The van der Waals surface area contributed by atoms with E-state index in [2.05, 4.69) is 24.4 Å². The zero-order valence-corrected chi connectivity index (χ0v) is 12.3. The van der Waals surface area contributed by atoms with Gasteiger partial charge in [-0.1, -0.05) is 13.8 Å². The number of carbonyl (C=O) groups excluding carboxylic acids is 2. The predicted octanol–water partition coefficient (Wildman–Crippen LogP) is 1.94. The van der Waals surface area contributed by atoms with Gasteiger partial charge in [0, 0.05) is 22.7 Å². The summed E-state index contributed by atoms with van der Waals surface area (Å²) >= 11 is 1.75. The number of nitrogens with one attached hydrogen (secondary N) is 1. The van der Waals surface area contributed by atoms with E-state index in [4.69, 9.17) is 0 Å². The van der Waals surface area contributed by atoms with Crippen molar-refractivity contribution in [2.24, 2.45) is 0 Å². The van der Waals surface area contributed by atoms with Gasteiger partial charge in [0.05, 0.1) is 6.54 Å². The molecule has 1 atom stereocenters. The summed E-state index contributed by atoms with van der Waals surface area (Å²) in [6, 6.07) is 3.83. The Morgan fingerprint density at radius 1 is 1.32 bits per heavy atom. The van der Waals surface area contributed by atoms with Crippen LogP contribution in [0.5, 0.6) is 0 Å². The lowest BCUT2D eigenvalue weighted by atomic mass is 10.2. The summed E-state index contributed by atoms with van der Waals surface area (Å²) in [5.74, 6) is 0.0166. The summed E-state index contributed by atoms with van der Waals surface area (Å²) in [6.07, 6.45) is 2.07. The van der Waals surface area contributed by atoms with E-state index in [1.54, 1.807) is 16.2 Å². The fraction of sp³-hybridized carbons (Fsp3) is 0.571. The van der Waals surface area contributed by atoms with Crippen molar-refractivity contribution in [1.29, 1.82) is 0 Å². The summed E-state index contributed by atoms with van der Waals surface area (Å²) in [5, 5.41) is 2.78. The third-order valence-electron chi connectivity index (χ3n) is 3.37. The Hall–Kier alpha value is -1.36. The van der Waals surface area contributed by atoms with Crippen LogP contribution in [0, 0.1) is 0 Å². The minimum Gasteiger partial charge on any atom is -0.344 e. The van der Waals surface area contributed by atoms with Gasteiger partial charge in [0.2, 0.25) is 11.8 Å². The quantitative estimate of drug-likeness (QED) is 0.916. The zero-order valence-electron chi connectivity index (χ0n) is 11.4. The van der Waals surface area contributed by atoms with E-state index in [-0.39, 0.29) is 17.9 Å². The van der Waals surface area contributed by atoms with Gasteiger partial charge in [-0.05, 0) is 25.0 Å². The molecule has 1 aromatic heterocycles. The summed E-state index contributed by atoms with van der Waals surface area (Å²) < 4.78 is 0. The number of hydrogen-bond donors (Lipinski definition) is 1. The van der Waals surface area contributed by atoms with Crippen molar-refractivity contribution in [2.45, 2.75) is 45.7 Å². The molecule has 0 spiro atoms. The highest BCUT2D eigenvalue weighted by Crippen LogP contribution is 2.20. The number of thiophene rings is 1. The molecule has 1 saturated heterocycles. The third-order valence-corrected chi connectivity index (χ3v) is 4.59. The molecule has 0 aromatic carbocycles. The van der Waals surface area contributed by atoms with Crippen LogP contribution in [0.4, 0.5) is 0 Å². The van der Waals surface area contributed by atoms with Crippen molar-refractivity contribution in [3.8, 4) is 0 Å². The maximum atomic E-state index is 12.3. The first-order valence-corrected chi connectivity index (χ1v) is 7.61. The molecule has 1 unspecified atom stereocenters. The van der Waals surface area contributed by atoms with Gasteiger partial charge < -0.3 is 10.2 Å². The molecular formula is C14H20N2O2S.